The molecule has 1 aromatic carbocycles. The second kappa shape index (κ2) is 5.21. The molecule has 4 heteroatoms. The molecule has 0 radical (unpaired) electrons. The molecule has 2 aliphatic rings. The lowest BCUT2D eigenvalue weighted by Crippen LogP contribution is -2.37. The molecule has 2 fully saturated rings. The van der Waals surface area contributed by atoms with Gasteiger partial charge in [0.1, 0.15) is 12.8 Å². The molecule has 102 valence electrons. The van der Waals surface area contributed by atoms with Crippen molar-refractivity contribution in [2.75, 3.05) is 13.2 Å². The highest BCUT2D eigenvalue weighted by atomic mass is 16.6. The minimum atomic E-state index is -0.259. The van der Waals surface area contributed by atoms with E-state index in [2.05, 4.69) is 6.92 Å². The molecule has 3 rings (SSSR count). The van der Waals surface area contributed by atoms with Crippen LogP contribution in [0.5, 0.6) is 0 Å². The molecule has 1 amide bonds. The summed E-state index contributed by atoms with van der Waals surface area (Å²) in [7, 11) is 0. The number of hydrogen-bond acceptors (Lipinski definition) is 3. The van der Waals surface area contributed by atoms with Crippen molar-refractivity contribution in [2.45, 2.75) is 26.2 Å². The lowest BCUT2D eigenvalue weighted by molar-refractivity contribution is -0.0105. The van der Waals surface area contributed by atoms with Gasteiger partial charge in [-0.1, -0.05) is 37.3 Å². The zero-order chi connectivity index (χ0) is 13.2. The van der Waals surface area contributed by atoms with Crippen LogP contribution < -0.4 is 0 Å². The smallest absolute Gasteiger partial charge is 0.412 e. The first-order valence-electron chi connectivity index (χ1n) is 6.84. The molecular weight excluding hydrogens is 242 g/mol. The largest absolute Gasteiger partial charge is 0.444 e. The van der Waals surface area contributed by atoms with Gasteiger partial charge in [-0.15, -0.1) is 0 Å². The molecule has 0 saturated carbocycles. The molecular formula is C15H19NO3. The van der Waals surface area contributed by atoms with Gasteiger partial charge in [0.2, 0.25) is 0 Å². The Morgan fingerprint density at radius 1 is 1.42 bits per heavy atom. The van der Waals surface area contributed by atoms with E-state index in [0.717, 1.165) is 25.1 Å². The summed E-state index contributed by atoms with van der Waals surface area (Å²) in [5.41, 5.74) is 1.01. The molecule has 0 N–H and O–H groups in total. The summed E-state index contributed by atoms with van der Waals surface area (Å²) in [5, 5.41) is 0. The SMILES string of the molecule is C[C@@H]1CO[C@H]2[C@@H]1CCN2C(=O)OCc1ccccc1. The third kappa shape index (κ3) is 2.45. The Morgan fingerprint density at radius 3 is 3.00 bits per heavy atom. The van der Waals surface area contributed by atoms with Crippen LogP contribution in [0.15, 0.2) is 30.3 Å². The van der Waals surface area contributed by atoms with Crippen LogP contribution >= 0.6 is 0 Å². The van der Waals surface area contributed by atoms with Gasteiger partial charge in [0.15, 0.2) is 0 Å². The van der Waals surface area contributed by atoms with E-state index in [4.69, 9.17) is 9.47 Å². The number of carbonyl (C=O) groups excluding carboxylic acids is 1. The van der Waals surface area contributed by atoms with Gasteiger partial charge in [-0.3, -0.25) is 4.90 Å². The fourth-order valence-corrected chi connectivity index (χ4v) is 2.94. The zero-order valence-electron chi connectivity index (χ0n) is 11.1. The molecule has 1 aromatic rings. The Bertz CT molecular complexity index is 448. The van der Waals surface area contributed by atoms with Crippen molar-refractivity contribution in [3.05, 3.63) is 35.9 Å². The van der Waals surface area contributed by atoms with Crippen LogP contribution in [-0.2, 0) is 16.1 Å². The van der Waals surface area contributed by atoms with E-state index >= 15 is 0 Å². The highest BCUT2D eigenvalue weighted by Gasteiger charge is 2.45. The van der Waals surface area contributed by atoms with E-state index in [1.54, 1.807) is 4.90 Å². The van der Waals surface area contributed by atoms with E-state index < -0.39 is 0 Å². The van der Waals surface area contributed by atoms with Crippen LogP contribution in [0.2, 0.25) is 0 Å². The van der Waals surface area contributed by atoms with Gasteiger partial charge in [0.05, 0.1) is 6.61 Å². The first-order chi connectivity index (χ1) is 9.25. The maximum Gasteiger partial charge on any atom is 0.412 e. The number of benzene rings is 1. The molecule has 0 bridgehead atoms. The predicted molar refractivity (Wildman–Crippen MR) is 70.3 cm³/mol. The lowest BCUT2D eigenvalue weighted by Gasteiger charge is -2.22. The van der Waals surface area contributed by atoms with Crippen LogP contribution in [0.25, 0.3) is 0 Å². The average Bonchev–Trinajstić information content (AvgIpc) is 3.01. The second-order valence-corrected chi connectivity index (χ2v) is 5.39. The van der Waals surface area contributed by atoms with Gasteiger partial charge in [-0.2, -0.15) is 0 Å². The van der Waals surface area contributed by atoms with E-state index in [1.165, 1.54) is 0 Å². The number of nitrogens with zero attached hydrogens (tertiary/aromatic N) is 1. The van der Waals surface area contributed by atoms with Crippen molar-refractivity contribution in [1.29, 1.82) is 0 Å². The van der Waals surface area contributed by atoms with Crippen LogP contribution in [0.1, 0.15) is 18.9 Å². The summed E-state index contributed by atoms with van der Waals surface area (Å²) in [4.78, 5) is 13.8. The molecule has 0 spiro atoms. The molecule has 2 heterocycles. The Morgan fingerprint density at radius 2 is 2.21 bits per heavy atom. The number of likely N-dealkylation sites (tertiary alicyclic amines) is 1. The molecule has 0 aliphatic carbocycles. The van der Waals surface area contributed by atoms with Gasteiger partial charge >= 0.3 is 6.09 Å². The zero-order valence-corrected chi connectivity index (χ0v) is 11.1. The summed E-state index contributed by atoms with van der Waals surface area (Å²) >= 11 is 0. The standard InChI is InChI=1S/C15H19NO3/c1-11-9-18-14-13(11)7-8-16(14)15(17)19-10-12-5-3-2-4-6-12/h2-6,11,13-14H,7-10H2,1H3/t11-,13-,14+/m1/s1. The predicted octanol–water partition coefficient (Wildman–Crippen LogP) is 2.64. The van der Waals surface area contributed by atoms with Crippen LogP contribution in [0.4, 0.5) is 4.79 Å². The number of ether oxygens (including phenoxy) is 2. The molecule has 4 nitrogen and oxygen atoms in total. The summed E-state index contributed by atoms with van der Waals surface area (Å²) in [6.45, 7) is 4.00. The van der Waals surface area contributed by atoms with Crippen molar-refractivity contribution in [3.8, 4) is 0 Å². The van der Waals surface area contributed by atoms with Gasteiger partial charge in [-0.25, -0.2) is 4.79 Å². The first-order valence-corrected chi connectivity index (χ1v) is 6.84. The Balaban J connectivity index is 1.57. The summed E-state index contributed by atoms with van der Waals surface area (Å²) in [6.07, 6.45) is 0.690. The van der Waals surface area contributed by atoms with Crippen LogP contribution in [0.3, 0.4) is 0 Å². The number of fused-ring (bicyclic) bond motifs is 1. The molecule has 3 atom stereocenters. The minimum absolute atomic E-state index is 0.0710. The quantitative estimate of drug-likeness (QED) is 0.821. The summed E-state index contributed by atoms with van der Waals surface area (Å²) in [6, 6.07) is 9.74. The van der Waals surface area contributed by atoms with Gasteiger partial charge in [0.25, 0.3) is 0 Å². The molecule has 2 aliphatic heterocycles. The molecule has 0 unspecified atom stereocenters. The van der Waals surface area contributed by atoms with E-state index in [-0.39, 0.29) is 12.3 Å². The normalized spacial score (nSPS) is 29.3. The number of amides is 1. The van der Waals surface area contributed by atoms with E-state index in [9.17, 15) is 4.79 Å². The molecule has 2 saturated heterocycles. The minimum Gasteiger partial charge on any atom is -0.444 e. The van der Waals surface area contributed by atoms with Gasteiger partial charge < -0.3 is 9.47 Å². The van der Waals surface area contributed by atoms with Crippen molar-refractivity contribution < 1.29 is 14.3 Å². The van der Waals surface area contributed by atoms with E-state index in [0.29, 0.717) is 18.4 Å². The summed E-state index contributed by atoms with van der Waals surface area (Å²) in [5.74, 6) is 1.01. The van der Waals surface area contributed by atoms with Crippen LogP contribution in [-0.4, -0.2) is 30.4 Å². The fourth-order valence-electron chi connectivity index (χ4n) is 2.94. The summed E-state index contributed by atoms with van der Waals surface area (Å²) < 4.78 is 11.1. The van der Waals surface area contributed by atoms with Crippen molar-refractivity contribution in [1.82, 2.24) is 4.90 Å². The fraction of sp³-hybridized carbons (Fsp3) is 0.533. The lowest BCUT2D eigenvalue weighted by atomic mass is 9.95. The van der Waals surface area contributed by atoms with Crippen molar-refractivity contribution in [3.63, 3.8) is 0 Å². The van der Waals surface area contributed by atoms with Gasteiger partial charge in [0, 0.05) is 12.5 Å². The van der Waals surface area contributed by atoms with Crippen molar-refractivity contribution in [2.24, 2.45) is 11.8 Å². The van der Waals surface area contributed by atoms with Crippen molar-refractivity contribution >= 4 is 6.09 Å². The highest BCUT2D eigenvalue weighted by molar-refractivity contribution is 5.68. The molecule has 19 heavy (non-hydrogen) atoms. The average molecular weight is 261 g/mol. The third-order valence-electron chi connectivity index (χ3n) is 4.08. The first kappa shape index (κ1) is 12.5. The van der Waals surface area contributed by atoms with E-state index in [1.807, 2.05) is 30.3 Å². The molecule has 0 aromatic heterocycles. The Hall–Kier alpha value is -1.55. The van der Waals surface area contributed by atoms with Gasteiger partial charge in [-0.05, 0) is 17.9 Å². The maximum atomic E-state index is 12.1. The number of hydrogen-bond donors (Lipinski definition) is 0. The Labute approximate surface area is 113 Å². The topological polar surface area (TPSA) is 38.8 Å². The Kier molecular flexibility index (Phi) is 3.42. The second-order valence-electron chi connectivity index (χ2n) is 5.39. The third-order valence-corrected chi connectivity index (χ3v) is 4.08. The highest BCUT2D eigenvalue weighted by Crippen LogP contribution is 2.37. The number of rotatable bonds is 2. The maximum absolute atomic E-state index is 12.1. The van der Waals surface area contributed by atoms with Crippen LogP contribution in [0, 0.1) is 11.8 Å². The monoisotopic (exact) mass is 261 g/mol. The number of carbonyl (C=O) groups is 1.